The normalized spacial score (nSPS) is 35.0. The zero-order chi connectivity index (χ0) is 7.84. The number of hydrogen-bond acceptors (Lipinski definition) is 3. The van der Waals surface area contributed by atoms with Gasteiger partial charge in [-0.05, 0) is 19.1 Å². The predicted molar refractivity (Wildman–Crippen MR) is 45.6 cm³/mol. The van der Waals surface area contributed by atoms with Crippen LogP contribution < -0.4 is 5.32 Å². The second kappa shape index (κ2) is 2.52. The molecule has 0 aromatic rings. The minimum Gasteiger partial charge on any atom is -0.334 e. The van der Waals surface area contributed by atoms with Crippen LogP contribution in [0.3, 0.4) is 0 Å². The second-order valence-corrected chi connectivity index (χ2v) is 3.65. The molecule has 1 amide bonds. The Bertz CT molecular complexity index is 226. The van der Waals surface area contributed by atoms with Crippen molar-refractivity contribution in [2.45, 2.75) is 19.0 Å². The van der Waals surface area contributed by atoms with E-state index in [1.807, 2.05) is 6.26 Å². The summed E-state index contributed by atoms with van der Waals surface area (Å²) in [6, 6.07) is 0. The molecule has 3 rings (SSSR count). The van der Waals surface area contributed by atoms with E-state index in [1.165, 1.54) is 0 Å². The van der Waals surface area contributed by atoms with E-state index in [1.54, 1.807) is 11.8 Å². The number of thioether (sulfide) groups is 1. The van der Waals surface area contributed by atoms with Crippen LogP contribution in [0.15, 0.2) is 4.99 Å². The maximum absolute atomic E-state index is 11.2. The molecule has 0 aromatic heterocycles. The average molecular weight is 170 g/mol. The van der Waals surface area contributed by atoms with Crippen molar-refractivity contribution in [3.8, 4) is 0 Å². The molecule has 60 valence electrons. The van der Waals surface area contributed by atoms with Crippen LogP contribution >= 0.6 is 11.8 Å². The van der Waals surface area contributed by atoms with E-state index < -0.39 is 0 Å². The molecule has 0 aromatic carbocycles. The highest BCUT2D eigenvalue weighted by atomic mass is 32.2. The summed E-state index contributed by atoms with van der Waals surface area (Å²) in [6.07, 6.45) is 4.05. The molecule has 2 bridgehead atoms. The summed E-state index contributed by atoms with van der Waals surface area (Å²) in [6.45, 7) is 0. The van der Waals surface area contributed by atoms with Crippen molar-refractivity contribution in [2.75, 3.05) is 6.26 Å². The van der Waals surface area contributed by atoms with Crippen LogP contribution in [0.25, 0.3) is 0 Å². The lowest BCUT2D eigenvalue weighted by molar-refractivity contribution is -0.125. The first kappa shape index (κ1) is 7.16. The molecule has 4 heteroatoms. The van der Waals surface area contributed by atoms with Gasteiger partial charge in [-0.1, -0.05) is 0 Å². The minimum absolute atomic E-state index is 0.0648. The van der Waals surface area contributed by atoms with Crippen molar-refractivity contribution >= 4 is 22.7 Å². The molecule has 0 spiro atoms. The number of carbonyl (C=O) groups excluding carboxylic acids is 1. The molecule has 2 atom stereocenters. The number of aliphatic imine (C=N–C) groups is 1. The Morgan fingerprint density at radius 2 is 2.45 bits per heavy atom. The summed E-state index contributed by atoms with van der Waals surface area (Å²) in [5.74, 6) is 0.232. The maximum Gasteiger partial charge on any atom is 0.231 e. The van der Waals surface area contributed by atoms with Gasteiger partial charge in [0.15, 0.2) is 0 Å². The monoisotopic (exact) mass is 170 g/mol. The van der Waals surface area contributed by atoms with Gasteiger partial charge in [-0.25, -0.2) is 0 Å². The Morgan fingerprint density at radius 1 is 1.64 bits per heavy atom. The topological polar surface area (TPSA) is 41.5 Å². The highest BCUT2D eigenvalue weighted by molar-refractivity contribution is 8.13. The Kier molecular flexibility index (Phi) is 1.64. The Hall–Kier alpha value is -0.510. The molecule has 3 heterocycles. The molecule has 3 aliphatic heterocycles. The van der Waals surface area contributed by atoms with E-state index in [-0.39, 0.29) is 18.0 Å². The fraction of sp³-hybridized carbons (Fsp3) is 0.714. The summed E-state index contributed by atoms with van der Waals surface area (Å²) in [5.41, 5.74) is 0. The largest absolute Gasteiger partial charge is 0.334 e. The zero-order valence-corrected chi connectivity index (χ0v) is 7.15. The molecule has 2 unspecified atom stereocenters. The number of hydrogen-bond donors (Lipinski definition) is 1. The molecule has 1 saturated heterocycles. The predicted octanol–water partition coefficient (Wildman–Crippen LogP) is 0.614. The molecule has 0 radical (unpaired) electrons. The van der Waals surface area contributed by atoms with E-state index >= 15 is 0 Å². The molecule has 3 nitrogen and oxygen atoms in total. The van der Waals surface area contributed by atoms with Gasteiger partial charge in [0.2, 0.25) is 5.91 Å². The van der Waals surface area contributed by atoms with Gasteiger partial charge < -0.3 is 5.32 Å². The zero-order valence-electron chi connectivity index (χ0n) is 6.33. The van der Waals surface area contributed by atoms with Gasteiger partial charge >= 0.3 is 0 Å². The summed E-state index contributed by atoms with van der Waals surface area (Å²) >= 11 is 1.60. The molecule has 0 saturated carbocycles. The second-order valence-electron chi connectivity index (χ2n) is 2.83. The lowest BCUT2D eigenvalue weighted by atomic mass is 9.95. The van der Waals surface area contributed by atoms with Crippen molar-refractivity contribution in [3.63, 3.8) is 0 Å². The maximum atomic E-state index is 11.2. The number of rotatable bonds is 0. The number of piperidine rings is 1. The molecule has 11 heavy (non-hydrogen) atoms. The van der Waals surface area contributed by atoms with Gasteiger partial charge in [0, 0.05) is 0 Å². The van der Waals surface area contributed by atoms with Gasteiger partial charge in [0.05, 0.1) is 11.0 Å². The van der Waals surface area contributed by atoms with Gasteiger partial charge in [-0.15, -0.1) is 11.8 Å². The van der Waals surface area contributed by atoms with Crippen LogP contribution in [0.4, 0.5) is 0 Å². The van der Waals surface area contributed by atoms with Crippen molar-refractivity contribution in [1.29, 1.82) is 0 Å². The van der Waals surface area contributed by atoms with Gasteiger partial charge in [0.25, 0.3) is 0 Å². The summed E-state index contributed by atoms with van der Waals surface area (Å²) < 4.78 is 0. The molecular formula is C7H10N2OS. The Morgan fingerprint density at radius 3 is 2.91 bits per heavy atom. The Labute approximate surface area is 69.6 Å². The highest BCUT2D eigenvalue weighted by Crippen LogP contribution is 2.28. The molecule has 0 aliphatic carbocycles. The average Bonchev–Trinajstić information content (AvgIpc) is 2.04. The van der Waals surface area contributed by atoms with Crippen LogP contribution in [0.5, 0.6) is 0 Å². The standard InChI is InChI=1S/C7H10N2OS/c1-11-7-4-2-3-5(9-7)8-6(4)10/h4-5H,2-3H2,1H3,(H,8,10). The van der Waals surface area contributed by atoms with E-state index in [9.17, 15) is 4.79 Å². The van der Waals surface area contributed by atoms with Crippen molar-refractivity contribution in [1.82, 2.24) is 5.32 Å². The van der Waals surface area contributed by atoms with Crippen LogP contribution in [0, 0.1) is 5.92 Å². The van der Waals surface area contributed by atoms with Crippen LogP contribution in [0.2, 0.25) is 0 Å². The molecular weight excluding hydrogens is 160 g/mol. The summed E-state index contributed by atoms with van der Waals surface area (Å²) in [7, 11) is 0. The number of nitrogens with zero attached hydrogens (tertiary/aromatic N) is 1. The third-order valence-electron chi connectivity index (χ3n) is 2.14. The fourth-order valence-corrected chi connectivity index (χ4v) is 2.31. The highest BCUT2D eigenvalue weighted by Gasteiger charge is 2.36. The van der Waals surface area contributed by atoms with Crippen molar-refractivity contribution in [3.05, 3.63) is 0 Å². The molecule has 3 aliphatic rings. The first-order valence-electron chi connectivity index (χ1n) is 3.73. The van der Waals surface area contributed by atoms with E-state index in [0.717, 1.165) is 17.9 Å². The lowest BCUT2D eigenvalue weighted by Crippen LogP contribution is -2.50. The summed E-state index contributed by atoms with van der Waals surface area (Å²) in [5, 5.41) is 3.86. The number of nitrogens with one attached hydrogen (secondary N) is 1. The van der Waals surface area contributed by atoms with E-state index in [0.29, 0.717) is 0 Å². The number of amides is 1. The van der Waals surface area contributed by atoms with Crippen molar-refractivity contribution < 1.29 is 4.79 Å². The quantitative estimate of drug-likeness (QED) is 0.579. The fourth-order valence-electron chi connectivity index (χ4n) is 1.56. The Balaban J connectivity index is 2.29. The summed E-state index contributed by atoms with van der Waals surface area (Å²) in [4.78, 5) is 15.6. The van der Waals surface area contributed by atoms with Gasteiger partial charge in [0.1, 0.15) is 6.17 Å². The third kappa shape index (κ3) is 1.05. The SMILES string of the molecule is CSC1=NC2CCC1C(=O)N2. The first-order valence-corrected chi connectivity index (χ1v) is 4.96. The van der Waals surface area contributed by atoms with E-state index in [2.05, 4.69) is 10.3 Å². The molecule has 1 fully saturated rings. The van der Waals surface area contributed by atoms with Gasteiger partial charge in [-0.3, -0.25) is 9.79 Å². The van der Waals surface area contributed by atoms with E-state index in [4.69, 9.17) is 0 Å². The number of carbonyl (C=O) groups is 1. The van der Waals surface area contributed by atoms with Gasteiger partial charge in [-0.2, -0.15) is 0 Å². The smallest absolute Gasteiger partial charge is 0.231 e. The van der Waals surface area contributed by atoms with Crippen LogP contribution in [-0.4, -0.2) is 23.4 Å². The third-order valence-corrected chi connectivity index (χ3v) is 2.95. The minimum atomic E-state index is 0.0648. The number of fused-ring (bicyclic) bond motifs is 2. The van der Waals surface area contributed by atoms with Crippen LogP contribution in [0.1, 0.15) is 12.8 Å². The van der Waals surface area contributed by atoms with Crippen LogP contribution in [-0.2, 0) is 4.79 Å². The lowest BCUT2D eigenvalue weighted by Gasteiger charge is -2.33. The molecule has 1 N–H and O–H groups in total. The first-order chi connectivity index (χ1) is 5.31. The van der Waals surface area contributed by atoms with Crippen molar-refractivity contribution in [2.24, 2.45) is 10.9 Å².